The number of hydrogen-bond donors (Lipinski definition) is 2. The maximum Gasteiger partial charge on any atom is 0.328 e. The highest BCUT2D eigenvalue weighted by Crippen LogP contribution is 2.24. The normalized spacial score (nSPS) is 11.2. The lowest BCUT2D eigenvalue weighted by Crippen LogP contribution is -1.85. The summed E-state index contributed by atoms with van der Waals surface area (Å²) in [7, 11) is 0. The molecule has 1 heterocycles. The smallest absolute Gasteiger partial charge is 0.328 e. The molecule has 1 aromatic heterocycles. The predicted molar refractivity (Wildman–Crippen MR) is 60.7 cm³/mol. The van der Waals surface area contributed by atoms with Crippen LogP contribution in [0.2, 0.25) is 0 Å². The van der Waals surface area contributed by atoms with Crippen molar-refractivity contribution in [3.05, 3.63) is 29.8 Å². The quantitative estimate of drug-likeness (QED) is 0.759. The molecule has 2 aromatic rings. The lowest BCUT2D eigenvalue weighted by molar-refractivity contribution is -0.131. The van der Waals surface area contributed by atoms with E-state index in [1.807, 2.05) is 12.1 Å². The van der Waals surface area contributed by atoms with Gasteiger partial charge in [0.15, 0.2) is 5.13 Å². The predicted octanol–water partition coefficient (Wildman–Crippen LogP) is 1.98. The summed E-state index contributed by atoms with van der Waals surface area (Å²) in [5, 5.41) is 8.99. The van der Waals surface area contributed by atoms with Gasteiger partial charge in [-0.3, -0.25) is 0 Å². The van der Waals surface area contributed by atoms with Gasteiger partial charge in [0.2, 0.25) is 0 Å². The molecule has 76 valence electrons. The number of nitrogens with two attached hydrogens (primary N) is 1. The van der Waals surface area contributed by atoms with Gasteiger partial charge in [-0.1, -0.05) is 17.4 Å². The van der Waals surface area contributed by atoms with E-state index in [4.69, 9.17) is 10.8 Å². The summed E-state index contributed by atoms with van der Waals surface area (Å²) in [5.74, 6) is -0.959. The summed E-state index contributed by atoms with van der Waals surface area (Å²) >= 11 is 1.39. The number of nitrogens with zero attached hydrogens (tertiary/aromatic N) is 1. The second-order valence-corrected chi connectivity index (χ2v) is 4.01. The molecular weight excluding hydrogens is 212 g/mol. The van der Waals surface area contributed by atoms with Crippen LogP contribution in [-0.4, -0.2) is 16.1 Å². The van der Waals surface area contributed by atoms with E-state index < -0.39 is 5.97 Å². The molecule has 0 spiro atoms. The molecular formula is C10H8N2O2S. The Morgan fingerprint density at radius 1 is 1.53 bits per heavy atom. The van der Waals surface area contributed by atoms with E-state index in [-0.39, 0.29) is 0 Å². The van der Waals surface area contributed by atoms with E-state index in [0.29, 0.717) is 5.13 Å². The van der Waals surface area contributed by atoms with Gasteiger partial charge < -0.3 is 10.8 Å². The average Bonchev–Trinajstić information content (AvgIpc) is 2.53. The van der Waals surface area contributed by atoms with E-state index in [1.54, 1.807) is 6.07 Å². The molecule has 5 heteroatoms. The summed E-state index contributed by atoms with van der Waals surface area (Å²) in [6.07, 6.45) is 2.64. The van der Waals surface area contributed by atoms with Crippen molar-refractivity contribution in [2.24, 2.45) is 0 Å². The Hall–Kier alpha value is -1.88. The molecule has 4 nitrogen and oxygen atoms in total. The molecule has 0 aliphatic heterocycles. The van der Waals surface area contributed by atoms with Crippen molar-refractivity contribution < 1.29 is 9.90 Å². The number of fused-ring (bicyclic) bond motifs is 1. The zero-order valence-electron chi connectivity index (χ0n) is 7.68. The van der Waals surface area contributed by atoms with Crippen LogP contribution < -0.4 is 5.73 Å². The lowest BCUT2D eigenvalue weighted by Gasteiger charge is -1.91. The molecule has 0 bridgehead atoms. The molecule has 0 aliphatic rings. The van der Waals surface area contributed by atoms with Crippen LogP contribution in [0.1, 0.15) is 5.56 Å². The fourth-order valence-electron chi connectivity index (χ4n) is 1.23. The van der Waals surface area contributed by atoms with Crippen LogP contribution in [0.5, 0.6) is 0 Å². The van der Waals surface area contributed by atoms with E-state index >= 15 is 0 Å². The Balaban J connectivity index is 2.42. The minimum absolute atomic E-state index is 0.518. The van der Waals surface area contributed by atoms with Crippen molar-refractivity contribution in [1.29, 1.82) is 0 Å². The third-order valence-electron chi connectivity index (χ3n) is 1.85. The number of rotatable bonds is 2. The van der Waals surface area contributed by atoms with Crippen molar-refractivity contribution in [3.8, 4) is 0 Å². The first-order valence-corrected chi connectivity index (χ1v) is 5.04. The van der Waals surface area contributed by atoms with Gasteiger partial charge in [-0.05, 0) is 23.8 Å². The minimum atomic E-state index is -0.959. The summed E-state index contributed by atoms with van der Waals surface area (Å²) in [6, 6.07) is 5.49. The number of aliphatic carboxylic acids is 1. The van der Waals surface area contributed by atoms with Crippen LogP contribution in [0, 0.1) is 0 Å². The number of carbonyl (C=O) groups is 1. The zero-order chi connectivity index (χ0) is 10.8. The van der Waals surface area contributed by atoms with Crippen molar-refractivity contribution in [2.75, 3.05) is 5.73 Å². The highest BCUT2D eigenvalue weighted by atomic mass is 32.1. The van der Waals surface area contributed by atoms with Gasteiger partial charge in [-0.15, -0.1) is 0 Å². The van der Waals surface area contributed by atoms with Gasteiger partial charge in [0.05, 0.1) is 10.2 Å². The summed E-state index contributed by atoms with van der Waals surface area (Å²) in [5.41, 5.74) is 7.22. The van der Waals surface area contributed by atoms with E-state index in [0.717, 1.165) is 21.9 Å². The minimum Gasteiger partial charge on any atom is -0.478 e. The Morgan fingerprint density at radius 3 is 3.07 bits per heavy atom. The van der Waals surface area contributed by atoms with Gasteiger partial charge in [-0.25, -0.2) is 9.78 Å². The topological polar surface area (TPSA) is 76.2 Å². The molecule has 0 amide bonds. The summed E-state index contributed by atoms with van der Waals surface area (Å²) in [6.45, 7) is 0. The maximum atomic E-state index is 10.3. The molecule has 0 unspecified atom stereocenters. The number of nitrogen functional groups attached to an aromatic ring is 1. The first-order valence-electron chi connectivity index (χ1n) is 4.22. The highest BCUT2D eigenvalue weighted by molar-refractivity contribution is 7.22. The third-order valence-corrected chi connectivity index (χ3v) is 2.69. The Bertz CT molecular complexity index is 545. The van der Waals surface area contributed by atoms with Crippen LogP contribution in [0.25, 0.3) is 16.3 Å². The van der Waals surface area contributed by atoms with Gasteiger partial charge in [0, 0.05) is 6.08 Å². The van der Waals surface area contributed by atoms with Gasteiger partial charge in [-0.2, -0.15) is 0 Å². The standard InChI is InChI=1S/C10H8N2O2S/c11-10-12-7-3-1-6(2-4-9(13)14)5-8(7)15-10/h1-5H,(H2,11,12)(H,13,14). The van der Waals surface area contributed by atoms with Gasteiger partial charge in [0.1, 0.15) is 0 Å². The van der Waals surface area contributed by atoms with Crippen molar-refractivity contribution in [3.63, 3.8) is 0 Å². The van der Waals surface area contributed by atoms with Crippen LogP contribution >= 0.6 is 11.3 Å². The molecule has 0 fully saturated rings. The average molecular weight is 220 g/mol. The van der Waals surface area contributed by atoms with Crippen molar-refractivity contribution in [1.82, 2.24) is 4.98 Å². The van der Waals surface area contributed by atoms with Crippen molar-refractivity contribution in [2.45, 2.75) is 0 Å². The fraction of sp³-hybridized carbons (Fsp3) is 0. The molecule has 0 radical (unpaired) electrons. The first-order chi connectivity index (χ1) is 7.15. The van der Waals surface area contributed by atoms with Crippen LogP contribution in [-0.2, 0) is 4.79 Å². The molecule has 0 aliphatic carbocycles. The van der Waals surface area contributed by atoms with Gasteiger partial charge >= 0.3 is 5.97 Å². The van der Waals surface area contributed by atoms with E-state index in [9.17, 15) is 4.79 Å². The van der Waals surface area contributed by atoms with Crippen LogP contribution in [0.3, 0.4) is 0 Å². The maximum absolute atomic E-state index is 10.3. The van der Waals surface area contributed by atoms with E-state index in [2.05, 4.69) is 4.98 Å². The van der Waals surface area contributed by atoms with Gasteiger partial charge in [0.25, 0.3) is 0 Å². The summed E-state index contributed by atoms with van der Waals surface area (Å²) in [4.78, 5) is 14.4. The molecule has 3 N–H and O–H groups in total. The number of carboxylic acid groups (broad SMARTS) is 1. The highest BCUT2D eigenvalue weighted by Gasteiger charge is 2.00. The Labute approximate surface area is 89.7 Å². The van der Waals surface area contributed by atoms with E-state index in [1.165, 1.54) is 17.4 Å². The number of benzene rings is 1. The molecule has 15 heavy (non-hydrogen) atoms. The Morgan fingerprint density at radius 2 is 2.33 bits per heavy atom. The SMILES string of the molecule is Nc1nc2ccc(C=CC(=O)O)cc2s1. The number of aromatic nitrogens is 1. The Kier molecular flexibility index (Phi) is 2.39. The number of thiazole rings is 1. The second kappa shape index (κ2) is 3.70. The van der Waals surface area contributed by atoms with Crippen molar-refractivity contribution >= 4 is 38.7 Å². The molecule has 1 aromatic carbocycles. The fourth-order valence-corrected chi connectivity index (χ4v) is 2.01. The molecule has 0 saturated heterocycles. The third kappa shape index (κ3) is 2.13. The number of carboxylic acids is 1. The second-order valence-electron chi connectivity index (χ2n) is 2.95. The van der Waals surface area contributed by atoms with Crippen LogP contribution in [0.4, 0.5) is 5.13 Å². The molecule has 0 atom stereocenters. The number of anilines is 1. The summed E-state index contributed by atoms with van der Waals surface area (Å²) < 4.78 is 0.958. The molecule has 0 saturated carbocycles. The zero-order valence-corrected chi connectivity index (χ0v) is 8.49. The monoisotopic (exact) mass is 220 g/mol. The first kappa shape index (κ1) is 9.67. The van der Waals surface area contributed by atoms with Crippen LogP contribution in [0.15, 0.2) is 24.3 Å². The lowest BCUT2D eigenvalue weighted by atomic mass is 10.2. The molecule has 2 rings (SSSR count). The largest absolute Gasteiger partial charge is 0.478 e. The number of hydrogen-bond acceptors (Lipinski definition) is 4.